The third-order valence-corrected chi connectivity index (χ3v) is 3.86. The highest BCUT2D eigenvalue weighted by Gasteiger charge is 2.25. The molecule has 0 bridgehead atoms. The van der Waals surface area contributed by atoms with Crippen LogP contribution in [0.25, 0.3) is 0 Å². The molecule has 1 aliphatic carbocycles. The standard InChI is InChI=1S/C15H21ClN2O2/c1-2-5-11-8-10(9-14(16)17-11)15(20)18-12-6-3-4-7-13(12)19/h8-9,12-13,19H,2-7H2,1H3,(H,18,20)/t12-,13-/m0/s1. The predicted molar refractivity (Wildman–Crippen MR) is 79.0 cm³/mol. The van der Waals surface area contributed by atoms with E-state index in [2.05, 4.69) is 17.2 Å². The molecular formula is C15H21ClN2O2. The molecule has 1 fully saturated rings. The lowest BCUT2D eigenvalue weighted by Gasteiger charge is -2.28. The van der Waals surface area contributed by atoms with Crippen LogP contribution in [-0.4, -0.2) is 28.1 Å². The molecule has 1 aromatic rings. The normalized spacial score (nSPS) is 22.6. The van der Waals surface area contributed by atoms with E-state index in [0.717, 1.165) is 44.2 Å². The van der Waals surface area contributed by atoms with E-state index in [-0.39, 0.29) is 11.9 Å². The van der Waals surface area contributed by atoms with Crippen molar-refractivity contribution in [3.8, 4) is 0 Å². The lowest BCUT2D eigenvalue weighted by Crippen LogP contribution is -2.45. The number of halogens is 1. The average Bonchev–Trinajstić information content (AvgIpc) is 2.41. The Hall–Kier alpha value is -1.13. The van der Waals surface area contributed by atoms with Crippen LogP contribution in [0.5, 0.6) is 0 Å². The Kier molecular flexibility index (Phi) is 5.38. The monoisotopic (exact) mass is 296 g/mol. The van der Waals surface area contributed by atoms with Gasteiger partial charge >= 0.3 is 0 Å². The Labute approximate surface area is 124 Å². The summed E-state index contributed by atoms with van der Waals surface area (Å²) in [5.74, 6) is -0.183. The highest BCUT2D eigenvalue weighted by molar-refractivity contribution is 6.29. The molecule has 0 aliphatic heterocycles. The van der Waals surface area contributed by atoms with E-state index in [1.165, 1.54) is 0 Å². The molecule has 1 amide bonds. The minimum atomic E-state index is -0.444. The van der Waals surface area contributed by atoms with E-state index < -0.39 is 6.10 Å². The SMILES string of the molecule is CCCc1cc(C(=O)N[C@H]2CCCC[C@@H]2O)cc(Cl)n1. The summed E-state index contributed by atoms with van der Waals surface area (Å²) in [6.45, 7) is 2.06. The van der Waals surface area contributed by atoms with Gasteiger partial charge in [0.15, 0.2) is 0 Å². The van der Waals surface area contributed by atoms with Crippen LogP contribution in [0.2, 0.25) is 5.15 Å². The van der Waals surface area contributed by atoms with E-state index in [9.17, 15) is 9.90 Å². The number of aromatic nitrogens is 1. The molecule has 1 saturated carbocycles. The summed E-state index contributed by atoms with van der Waals surface area (Å²) in [6.07, 6.45) is 4.95. The summed E-state index contributed by atoms with van der Waals surface area (Å²) in [6, 6.07) is 3.20. The number of nitrogens with zero attached hydrogens (tertiary/aromatic N) is 1. The number of aliphatic hydroxyl groups is 1. The van der Waals surface area contributed by atoms with Gasteiger partial charge in [-0.05, 0) is 31.4 Å². The lowest BCUT2D eigenvalue weighted by atomic mass is 9.92. The second-order valence-electron chi connectivity index (χ2n) is 5.35. The molecule has 110 valence electrons. The first-order valence-corrected chi connectivity index (χ1v) is 7.63. The molecule has 4 nitrogen and oxygen atoms in total. The molecule has 0 spiro atoms. The number of pyridine rings is 1. The fourth-order valence-electron chi connectivity index (χ4n) is 2.60. The number of carbonyl (C=O) groups is 1. The number of nitrogens with one attached hydrogen (secondary N) is 1. The zero-order valence-corrected chi connectivity index (χ0v) is 12.5. The Bertz CT molecular complexity index is 479. The van der Waals surface area contributed by atoms with Crippen molar-refractivity contribution >= 4 is 17.5 Å². The summed E-state index contributed by atoms with van der Waals surface area (Å²) in [7, 11) is 0. The number of amides is 1. The number of aryl methyl sites for hydroxylation is 1. The minimum Gasteiger partial charge on any atom is -0.391 e. The van der Waals surface area contributed by atoms with Crippen molar-refractivity contribution in [3.05, 3.63) is 28.5 Å². The molecule has 1 aliphatic rings. The Morgan fingerprint density at radius 3 is 2.90 bits per heavy atom. The van der Waals surface area contributed by atoms with Crippen molar-refractivity contribution in [2.24, 2.45) is 0 Å². The van der Waals surface area contributed by atoms with Crippen LogP contribution in [0, 0.1) is 0 Å². The first kappa shape index (κ1) is 15.3. The molecule has 2 atom stereocenters. The van der Waals surface area contributed by atoms with Crippen LogP contribution in [0.15, 0.2) is 12.1 Å². The number of aliphatic hydroxyl groups excluding tert-OH is 1. The predicted octanol–water partition coefficient (Wildman–Crippen LogP) is 2.72. The largest absolute Gasteiger partial charge is 0.391 e. The van der Waals surface area contributed by atoms with Gasteiger partial charge in [0.2, 0.25) is 0 Å². The second-order valence-corrected chi connectivity index (χ2v) is 5.74. The van der Waals surface area contributed by atoms with Gasteiger partial charge in [-0.3, -0.25) is 4.79 Å². The first-order chi connectivity index (χ1) is 9.60. The van der Waals surface area contributed by atoms with Gasteiger partial charge in [0.1, 0.15) is 5.15 Å². The quantitative estimate of drug-likeness (QED) is 0.840. The Morgan fingerprint density at radius 1 is 1.45 bits per heavy atom. The van der Waals surface area contributed by atoms with Crippen molar-refractivity contribution in [2.75, 3.05) is 0 Å². The smallest absolute Gasteiger partial charge is 0.251 e. The molecule has 5 heteroatoms. The van der Waals surface area contributed by atoms with E-state index in [1.54, 1.807) is 12.1 Å². The molecule has 0 aromatic carbocycles. The summed E-state index contributed by atoms with van der Waals surface area (Å²) in [4.78, 5) is 16.5. The second kappa shape index (κ2) is 7.04. The fraction of sp³-hybridized carbons (Fsp3) is 0.600. The third-order valence-electron chi connectivity index (χ3n) is 3.66. The zero-order valence-electron chi connectivity index (χ0n) is 11.7. The van der Waals surface area contributed by atoms with Gasteiger partial charge in [0.25, 0.3) is 5.91 Å². The van der Waals surface area contributed by atoms with Gasteiger partial charge in [-0.15, -0.1) is 0 Å². The molecular weight excluding hydrogens is 276 g/mol. The molecule has 1 heterocycles. The molecule has 2 rings (SSSR count). The minimum absolute atomic E-state index is 0.155. The summed E-state index contributed by atoms with van der Waals surface area (Å²) >= 11 is 5.96. The average molecular weight is 297 g/mol. The van der Waals surface area contributed by atoms with E-state index in [0.29, 0.717) is 10.7 Å². The van der Waals surface area contributed by atoms with Crippen molar-refractivity contribution in [2.45, 2.75) is 57.6 Å². The van der Waals surface area contributed by atoms with Crippen molar-refractivity contribution in [1.29, 1.82) is 0 Å². The van der Waals surface area contributed by atoms with Gasteiger partial charge in [-0.25, -0.2) is 4.98 Å². The van der Waals surface area contributed by atoms with E-state index >= 15 is 0 Å². The number of hydrogen-bond donors (Lipinski definition) is 2. The highest BCUT2D eigenvalue weighted by atomic mass is 35.5. The van der Waals surface area contributed by atoms with Crippen LogP contribution < -0.4 is 5.32 Å². The topological polar surface area (TPSA) is 62.2 Å². The van der Waals surface area contributed by atoms with E-state index in [1.807, 2.05) is 0 Å². The molecule has 20 heavy (non-hydrogen) atoms. The first-order valence-electron chi connectivity index (χ1n) is 7.25. The summed E-state index contributed by atoms with van der Waals surface area (Å²) in [5.41, 5.74) is 1.35. The molecule has 1 aromatic heterocycles. The van der Waals surface area contributed by atoms with Gasteiger partial charge in [0, 0.05) is 11.3 Å². The van der Waals surface area contributed by atoms with Gasteiger partial charge in [0.05, 0.1) is 12.1 Å². The zero-order chi connectivity index (χ0) is 14.5. The lowest BCUT2D eigenvalue weighted by molar-refractivity contribution is 0.0717. The van der Waals surface area contributed by atoms with Crippen LogP contribution in [-0.2, 0) is 6.42 Å². The molecule has 0 radical (unpaired) electrons. The third kappa shape index (κ3) is 3.93. The van der Waals surface area contributed by atoms with Crippen molar-refractivity contribution in [1.82, 2.24) is 10.3 Å². The Balaban J connectivity index is 2.08. The van der Waals surface area contributed by atoms with Crippen molar-refractivity contribution in [3.63, 3.8) is 0 Å². The highest BCUT2D eigenvalue weighted by Crippen LogP contribution is 2.19. The Morgan fingerprint density at radius 2 is 2.20 bits per heavy atom. The maximum absolute atomic E-state index is 12.3. The number of carbonyl (C=O) groups excluding carboxylic acids is 1. The summed E-state index contributed by atoms with van der Waals surface area (Å²) < 4.78 is 0. The number of rotatable bonds is 4. The van der Waals surface area contributed by atoms with Gasteiger partial charge in [-0.1, -0.05) is 37.8 Å². The summed E-state index contributed by atoms with van der Waals surface area (Å²) in [5, 5.41) is 13.1. The van der Waals surface area contributed by atoms with Gasteiger partial charge < -0.3 is 10.4 Å². The molecule has 0 unspecified atom stereocenters. The fourth-order valence-corrected chi connectivity index (χ4v) is 2.82. The van der Waals surface area contributed by atoms with Crippen LogP contribution >= 0.6 is 11.6 Å². The van der Waals surface area contributed by atoms with Crippen LogP contribution in [0.3, 0.4) is 0 Å². The molecule has 0 saturated heterocycles. The number of hydrogen-bond acceptors (Lipinski definition) is 3. The van der Waals surface area contributed by atoms with Crippen LogP contribution in [0.1, 0.15) is 55.1 Å². The maximum atomic E-state index is 12.3. The van der Waals surface area contributed by atoms with Crippen LogP contribution in [0.4, 0.5) is 0 Å². The van der Waals surface area contributed by atoms with Gasteiger partial charge in [-0.2, -0.15) is 0 Å². The maximum Gasteiger partial charge on any atom is 0.251 e. The molecule has 2 N–H and O–H groups in total. The van der Waals surface area contributed by atoms with Crippen molar-refractivity contribution < 1.29 is 9.90 Å². The van der Waals surface area contributed by atoms with E-state index in [4.69, 9.17) is 11.6 Å².